The topological polar surface area (TPSA) is 125 Å². The van der Waals surface area contributed by atoms with Gasteiger partial charge in [0.2, 0.25) is 0 Å². The third-order valence-electron chi connectivity index (χ3n) is 15.3. The van der Waals surface area contributed by atoms with Gasteiger partial charge in [0.15, 0.2) is 0 Å². The van der Waals surface area contributed by atoms with E-state index in [1.54, 1.807) is 0 Å². The van der Waals surface area contributed by atoms with Crippen LogP contribution < -0.4 is 9.97 Å². The normalized spacial score (nSPS) is 12.1. The molecule has 0 N–H and O–H groups in total. The van der Waals surface area contributed by atoms with Crippen LogP contribution in [0, 0.1) is 0 Å². The average molecular weight is 1080 g/mol. The summed E-state index contributed by atoms with van der Waals surface area (Å²) in [5.41, 5.74) is 12.8. The zero-order valence-corrected chi connectivity index (χ0v) is 42.0. The minimum atomic E-state index is 0. The number of fused-ring (bicyclic) bond motifs is 4. The molecule has 8 heterocycles. The average Bonchev–Trinajstić information content (AvgIpc) is 4.39. The first kappa shape index (κ1) is 43.4. The number of imidazole rings is 4. The van der Waals surface area contributed by atoms with Crippen molar-refractivity contribution in [3.63, 3.8) is 0 Å². The maximum Gasteiger partial charge on any atom is 2.00 e. The third kappa shape index (κ3) is 6.36. The number of nitrogens with zero attached hydrogens (tertiary/aromatic N) is 12. The first-order valence-electron chi connectivity index (χ1n) is 25.1. The van der Waals surface area contributed by atoms with Crippen molar-refractivity contribution in [2.45, 2.75) is 0 Å². The molecular weight excluding hydrogens is 1040 g/mol. The molecule has 0 spiro atoms. The summed E-state index contributed by atoms with van der Waals surface area (Å²) in [6.45, 7) is 0. The standard InChI is InChI=1S/C64H36N12.Pd/c1-2-10-38-26-46-45(25-37(38)9-1)53-61(73-21-17-65-33-73)55-47-27-39-11-3-4-12-40(39)28-48(47)57(70-55)63(75-23-19-67-35-75)59-51-31-43-15-7-8-16-44(43)32-52(51)60(72-59)64(76-24-20-68-36-76)58-50-30-42-14-6-5-13-41(42)29-49(50)56(71-58)62(54(46)69-53)74-22-18-66-34-74;/h1-36H;/q-2;+2. The summed E-state index contributed by atoms with van der Waals surface area (Å²) >= 11 is 0. The molecule has 12 nitrogen and oxygen atoms in total. The van der Waals surface area contributed by atoms with Crippen LogP contribution in [0.3, 0.4) is 0 Å². The van der Waals surface area contributed by atoms with E-state index < -0.39 is 0 Å². The molecule has 0 atom stereocenters. The largest absolute Gasteiger partial charge is 2.00 e. The van der Waals surface area contributed by atoms with Gasteiger partial charge in [-0.25, -0.2) is 29.9 Å². The fourth-order valence-electron chi connectivity index (χ4n) is 11.9. The molecule has 0 saturated carbocycles. The van der Waals surface area contributed by atoms with Crippen molar-refractivity contribution >= 4 is 86.7 Å². The summed E-state index contributed by atoms with van der Waals surface area (Å²) in [6.07, 6.45) is 22.6. The smallest absolute Gasteiger partial charge is 0.653 e. The van der Waals surface area contributed by atoms with Gasteiger partial charge in [0.05, 0.1) is 70.8 Å². The van der Waals surface area contributed by atoms with Crippen LogP contribution in [0.5, 0.6) is 0 Å². The van der Waals surface area contributed by atoms with Gasteiger partial charge in [0.1, 0.15) is 0 Å². The Hall–Kier alpha value is -10.1. The van der Waals surface area contributed by atoms with Gasteiger partial charge in [-0.05, 0) is 113 Å². The molecule has 14 aromatic rings. The van der Waals surface area contributed by atoms with E-state index >= 15 is 0 Å². The maximum absolute atomic E-state index is 5.94. The van der Waals surface area contributed by atoms with E-state index in [1.807, 2.05) is 74.9 Å². The second-order valence-corrected chi connectivity index (χ2v) is 19.5. The Morgan fingerprint density at radius 3 is 0.714 bits per heavy atom. The van der Waals surface area contributed by atoms with Gasteiger partial charge in [-0.1, -0.05) is 97.1 Å². The van der Waals surface area contributed by atoms with Crippen molar-refractivity contribution in [3.05, 3.63) is 220 Å². The Morgan fingerprint density at radius 2 is 0.506 bits per heavy atom. The molecule has 0 saturated heterocycles. The van der Waals surface area contributed by atoms with Crippen LogP contribution in [0.1, 0.15) is 0 Å². The quantitative estimate of drug-likeness (QED) is 0.160. The Bertz CT molecular complexity index is 4480. The van der Waals surface area contributed by atoms with Crippen molar-refractivity contribution in [3.8, 4) is 67.8 Å². The van der Waals surface area contributed by atoms with Gasteiger partial charge < -0.3 is 28.2 Å². The zero-order valence-electron chi connectivity index (χ0n) is 40.5. The van der Waals surface area contributed by atoms with Crippen LogP contribution in [0.15, 0.2) is 220 Å². The summed E-state index contributed by atoms with van der Waals surface area (Å²) in [5.74, 6) is 0. The Kier molecular flexibility index (Phi) is 9.27. The molecule has 77 heavy (non-hydrogen) atoms. The molecule has 2 aliphatic heterocycles. The predicted octanol–water partition coefficient (Wildman–Crippen LogP) is 13.9. The van der Waals surface area contributed by atoms with Gasteiger partial charge in [0, 0.05) is 71.8 Å². The Balaban J connectivity index is 0.00000498. The minimum absolute atomic E-state index is 0. The zero-order chi connectivity index (χ0) is 49.6. The fraction of sp³-hybridized carbons (Fsp3) is 0. The molecule has 13 heteroatoms. The molecular formula is C64H36N12Pd. The van der Waals surface area contributed by atoms with Gasteiger partial charge >= 0.3 is 20.4 Å². The molecule has 362 valence electrons. The van der Waals surface area contributed by atoms with E-state index in [4.69, 9.17) is 19.9 Å². The molecule has 6 aromatic heterocycles. The molecule has 8 aromatic carbocycles. The van der Waals surface area contributed by atoms with E-state index in [-0.39, 0.29) is 20.4 Å². The van der Waals surface area contributed by atoms with E-state index in [0.717, 1.165) is 154 Å². The van der Waals surface area contributed by atoms with E-state index in [2.05, 4.69) is 184 Å². The molecule has 0 amide bonds. The molecule has 1 aliphatic carbocycles. The first-order valence-corrected chi connectivity index (χ1v) is 25.1. The van der Waals surface area contributed by atoms with Gasteiger partial charge in [-0.15, -0.1) is 22.1 Å². The minimum Gasteiger partial charge on any atom is -0.653 e. The monoisotopic (exact) mass is 1080 g/mol. The van der Waals surface area contributed by atoms with Crippen LogP contribution >= 0.6 is 0 Å². The van der Waals surface area contributed by atoms with Crippen molar-refractivity contribution in [2.75, 3.05) is 0 Å². The van der Waals surface area contributed by atoms with Crippen molar-refractivity contribution < 1.29 is 20.4 Å². The SMILES string of the molecule is [Pd+2].c1ccc2cc3c(cc2c1)-c1nc-3c(-n2ccnc2)c2[n-]c(c(-n3ccnc3)c3nc(c(-n4ccnc4)c4[n-]c(c1-n1ccnc1)c1cc5ccccc5cc41)-c1cc4ccccc4cc1-3)c1cc3ccccc3cc21. The summed E-state index contributed by atoms with van der Waals surface area (Å²) < 4.78 is 8.24. The molecule has 3 aliphatic rings. The molecule has 0 fully saturated rings. The van der Waals surface area contributed by atoms with Gasteiger partial charge in [-0.2, -0.15) is 0 Å². The van der Waals surface area contributed by atoms with E-state index in [1.165, 1.54) is 0 Å². The van der Waals surface area contributed by atoms with Gasteiger partial charge in [0.25, 0.3) is 0 Å². The molecule has 17 rings (SSSR count). The number of hydrogen-bond acceptors (Lipinski definition) is 6. The van der Waals surface area contributed by atoms with Crippen LogP contribution in [-0.2, 0) is 20.4 Å². The van der Waals surface area contributed by atoms with E-state index in [9.17, 15) is 0 Å². The molecule has 8 bridgehead atoms. The second kappa shape index (κ2) is 16.5. The third-order valence-corrected chi connectivity index (χ3v) is 15.3. The van der Waals surface area contributed by atoms with Crippen molar-refractivity contribution in [1.29, 1.82) is 0 Å². The Morgan fingerprint density at radius 1 is 0.286 bits per heavy atom. The van der Waals surface area contributed by atoms with E-state index in [0.29, 0.717) is 0 Å². The van der Waals surface area contributed by atoms with Crippen LogP contribution in [0.4, 0.5) is 0 Å². The fourth-order valence-corrected chi connectivity index (χ4v) is 11.9. The molecule has 0 unspecified atom stereocenters. The predicted molar refractivity (Wildman–Crippen MR) is 301 cm³/mol. The first-order chi connectivity index (χ1) is 37.7. The van der Waals surface area contributed by atoms with Gasteiger partial charge in [-0.3, -0.25) is 0 Å². The summed E-state index contributed by atoms with van der Waals surface area (Å²) in [7, 11) is 0. The van der Waals surface area contributed by atoms with Crippen molar-refractivity contribution in [2.24, 2.45) is 0 Å². The summed E-state index contributed by atoms with van der Waals surface area (Å²) in [4.78, 5) is 42.5. The Labute approximate surface area is 450 Å². The summed E-state index contributed by atoms with van der Waals surface area (Å²) in [5, 5.41) is 12.5. The van der Waals surface area contributed by atoms with Crippen LogP contribution in [0.2, 0.25) is 0 Å². The second-order valence-electron chi connectivity index (χ2n) is 19.5. The summed E-state index contributed by atoms with van der Waals surface area (Å²) in [6, 6.07) is 52.1. The van der Waals surface area contributed by atoms with Crippen LogP contribution in [-0.4, -0.2) is 48.2 Å². The van der Waals surface area contributed by atoms with Crippen molar-refractivity contribution in [1.82, 2.24) is 58.1 Å². The number of benzene rings is 8. The number of hydrogen-bond donors (Lipinski definition) is 0. The maximum atomic E-state index is 5.94. The molecule has 0 radical (unpaired) electrons. The van der Waals surface area contributed by atoms with Crippen LogP contribution in [0.25, 0.3) is 154 Å². The number of rotatable bonds is 4. The number of aromatic nitrogens is 12.